The van der Waals surface area contributed by atoms with E-state index in [1.807, 2.05) is 123 Å². The molecule has 5 heteroatoms. The Kier molecular flexibility index (Phi) is 13.9. The third kappa shape index (κ3) is 11.4. The summed E-state index contributed by atoms with van der Waals surface area (Å²) in [5, 5.41) is 3.30. The monoisotopic (exact) mass is 706 g/mol. The van der Waals surface area contributed by atoms with E-state index in [0.717, 1.165) is 46.5 Å². The highest BCUT2D eigenvalue weighted by molar-refractivity contribution is 14.1. The topological polar surface area (TPSA) is 33.7 Å². The molecule has 6 aromatic rings. The second-order valence-corrected chi connectivity index (χ2v) is 10.9. The predicted molar refractivity (Wildman–Crippen MR) is 199 cm³/mol. The molecular weight excluding hydrogens is 667 g/mol. The van der Waals surface area contributed by atoms with Crippen LogP contribution in [0.25, 0.3) is 0 Å². The molecule has 0 atom stereocenters. The Balaban J connectivity index is 0.000000170. The Morgan fingerprint density at radius 1 is 0.444 bits per heavy atom. The molecule has 0 aliphatic heterocycles. The molecule has 6 rings (SSSR count). The van der Waals surface area contributed by atoms with Crippen LogP contribution in [0.4, 0.5) is 28.4 Å². The summed E-state index contributed by atoms with van der Waals surface area (Å²) >= 11 is 2.27. The molecule has 0 aliphatic carbocycles. The maximum atomic E-state index is 5.53. The van der Waals surface area contributed by atoms with Gasteiger partial charge in [0.2, 0.25) is 0 Å². The first-order valence-electron chi connectivity index (χ1n) is 15.0. The highest BCUT2D eigenvalue weighted by atomic mass is 127. The lowest BCUT2D eigenvalue weighted by atomic mass is 10.2. The molecule has 0 fully saturated rings. The van der Waals surface area contributed by atoms with Crippen LogP contribution in [-0.4, -0.2) is 13.2 Å². The molecule has 0 radical (unpaired) electrons. The van der Waals surface area contributed by atoms with Gasteiger partial charge in [0.05, 0.1) is 13.2 Å². The number of nitrogens with one attached hydrogen (secondary N) is 1. The molecule has 0 saturated heterocycles. The van der Waals surface area contributed by atoms with E-state index < -0.39 is 0 Å². The molecule has 0 unspecified atom stereocenters. The minimum absolute atomic E-state index is 0.681. The van der Waals surface area contributed by atoms with Crippen LogP contribution in [-0.2, 0) is 0 Å². The standard InChI is InChI=1S/C20H19NO.C12H11N.C8H9IO/c1-2-22-20-15-13-19(14-16-20)21(17-9-5-3-6-10-17)18-11-7-4-8-12-18;1-3-7-11(8-4-1)13-12-9-5-2-6-10-12;1-2-10-8-5-3-7(9)4-6-8/h3-16H,2H2,1H3;1-10,13H;3-6H,2H2,1H3. The average Bonchev–Trinajstić information content (AvgIpc) is 3.10. The molecule has 45 heavy (non-hydrogen) atoms. The summed E-state index contributed by atoms with van der Waals surface area (Å²) < 4.78 is 12.0. The fourth-order valence-corrected chi connectivity index (χ4v) is 4.73. The number of nitrogens with zero attached hydrogens (tertiary/aromatic N) is 1. The lowest BCUT2D eigenvalue weighted by molar-refractivity contribution is 0.340. The minimum atomic E-state index is 0.681. The van der Waals surface area contributed by atoms with E-state index in [1.165, 1.54) is 3.57 Å². The fraction of sp³-hybridized carbons (Fsp3) is 0.100. The average molecular weight is 707 g/mol. The van der Waals surface area contributed by atoms with Gasteiger partial charge in [-0.15, -0.1) is 0 Å². The van der Waals surface area contributed by atoms with E-state index in [1.54, 1.807) is 0 Å². The van der Waals surface area contributed by atoms with Crippen molar-refractivity contribution >= 4 is 51.0 Å². The minimum Gasteiger partial charge on any atom is -0.494 e. The van der Waals surface area contributed by atoms with Crippen LogP contribution >= 0.6 is 22.6 Å². The molecule has 0 spiro atoms. The van der Waals surface area contributed by atoms with Gasteiger partial charge in [0.15, 0.2) is 0 Å². The number of hydrogen-bond donors (Lipinski definition) is 1. The van der Waals surface area contributed by atoms with E-state index in [0.29, 0.717) is 6.61 Å². The zero-order valence-corrected chi connectivity index (χ0v) is 27.9. The summed E-state index contributed by atoms with van der Waals surface area (Å²) in [6, 6.07) is 57.3. The Bertz CT molecular complexity index is 1540. The van der Waals surface area contributed by atoms with E-state index >= 15 is 0 Å². The van der Waals surface area contributed by atoms with E-state index in [-0.39, 0.29) is 0 Å². The number of anilines is 5. The van der Waals surface area contributed by atoms with Gasteiger partial charge in [-0.3, -0.25) is 0 Å². The first-order chi connectivity index (χ1) is 22.2. The zero-order chi connectivity index (χ0) is 31.5. The maximum absolute atomic E-state index is 5.53. The van der Waals surface area contributed by atoms with Crippen molar-refractivity contribution in [3.05, 3.63) is 173 Å². The van der Waals surface area contributed by atoms with Crippen molar-refractivity contribution in [2.24, 2.45) is 0 Å². The molecule has 6 aromatic carbocycles. The molecule has 4 nitrogen and oxygen atoms in total. The molecule has 0 bridgehead atoms. The Morgan fingerprint density at radius 3 is 1.16 bits per heavy atom. The van der Waals surface area contributed by atoms with E-state index in [9.17, 15) is 0 Å². The fourth-order valence-electron chi connectivity index (χ4n) is 4.37. The van der Waals surface area contributed by atoms with Gasteiger partial charge >= 0.3 is 0 Å². The number of rotatable bonds is 9. The quantitative estimate of drug-likeness (QED) is 0.152. The number of para-hydroxylation sites is 4. The van der Waals surface area contributed by atoms with Crippen molar-refractivity contribution < 1.29 is 9.47 Å². The Morgan fingerprint density at radius 2 is 0.778 bits per heavy atom. The summed E-state index contributed by atoms with van der Waals surface area (Å²) in [5.74, 6) is 1.84. The molecule has 0 amide bonds. The van der Waals surface area contributed by atoms with Crippen LogP contribution in [0.5, 0.6) is 11.5 Å². The van der Waals surface area contributed by atoms with Crippen molar-refractivity contribution in [2.75, 3.05) is 23.4 Å². The first kappa shape index (κ1) is 33.1. The lowest BCUT2D eigenvalue weighted by Crippen LogP contribution is -2.09. The molecule has 0 aromatic heterocycles. The molecule has 0 heterocycles. The SMILES string of the molecule is CCOc1ccc(I)cc1.CCOc1ccc(N(c2ccccc2)c2ccccc2)cc1.c1ccc(Nc2ccccc2)cc1. The largest absolute Gasteiger partial charge is 0.494 e. The van der Waals surface area contributed by atoms with Gasteiger partial charge in [0.25, 0.3) is 0 Å². The van der Waals surface area contributed by atoms with Crippen LogP contribution in [0.15, 0.2) is 170 Å². The van der Waals surface area contributed by atoms with Gasteiger partial charge in [0, 0.05) is 32.0 Å². The van der Waals surface area contributed by atoms with Gasteiger partial charge in [-0.1, -0.05) is 72.8 Å². The number of benzene rings is 6. The van der Waals surface area contributed by atoms with Crippen molar-refractivity contribution in [1.29, 1.82) is 0 Å². The van der Waals surface area contributed by atoms with Crippen molar-refractivity contribution in [3.63, 3.8) is 0 Å². The zero-order valence-electron chi connectivity index (χ0n) is 25.7. The van der Waals surface area contributed by atoms with Gasteiger partial charge in [-0.05, 0) is 134 Å². The first-order valence-corrected chi connectivity index (χ1v) is 16.1. The van der Waals surface area contributed by atoms with E-state index in [2.05, 4.69) is 93.5 Å². The van der Waals surface area contributed by atoms with E-state index in [4.69, 9.17) is 9.47 Å². The van der Waals surface area contributed by atoms with Gasteiger partial charge in [0.1, 0.15) is 11.5 Å². The van der Waals surface area contributed by atoms with Gasteiger partial charge < -0.3 is 19.7 Å². The van der Waals surface area contributed by atoms with Crippen LogP contribution in [0.3, 0.4) is 0 Å². The van der Waals surface area contributed by atoms with Crippen LogP contribution in [0, 0.1) is 3.57 Å². The smallest absolute Gasteiger partial charge is 0.119 e. The third-order valence-electron chi connectivity index (χ3n) is 6.40. The Hall–Kier alpha value is -4.75. The summed E-state index contributed by atoms with van der Waals surface area (Å²) in [6.07, 6.45) is 0. The number of hydrogen-bond acceptors (Lipinski definition) is 4. The summed E-state index contributed by atoms with van der Waals surface area (Å²) in [7, 11) is 0. The second kappa shape index (κ2) is 18.8. The third-order valence-corrected chi connectivity index (χ3v) is 7.11. The lowest BCUT2D eigenvalue weighted by Gasteiger charge is -2.25. The van der Waals surface area contributed by atoms with Crippen LogP contribution < -0.4 is 19.7 Å². The molecular formula is C40H39IN2O2. The van der Waals surface area contributed by atoms with Crippen molar-refractivity contribution in [2.45, 2.75) is 13.8 Å². The molecule has 0 saturated carbocycles. The number of ether oxygens (including phenoxy) is 2. The summed E-state index contributed by atoms with van der Waals surface area (Å²) in [6.45, 7) is 5.40. The van der Waals surface area contributed by atoms with Gasteiger partial charge in [-0.2, -0.15) is 0 Å². The van der Waals surface area contributed by atoms with Crippen LogP contribution in [0.2, 0.25) is 0 Å². The summed E-state index contributed by atoms with van der Waals surface area (Å²) in [4.78, 5) is 2.23. The maximum Gasteiger partial charge on any atom is 0.119 e. The van der Waals surface area contributed by atoms with Crippen molar-refractivity contribution in [1.82, 2.24) is 0 Å². The highest BCUT2D eigenvalue weighted by Gasteiger charge is 2.11. The molecule has 0 aliphatic rings. The highest BCUT2D eigenvalue weighted by Crippen LogP contribution is 2.34. The second-order valence-electron chi connectivity index (χ2n) is 9.68. The van der Waals surface area contributed by atoms with Crippen molar-refractivity contribution in [3.8, 4) is 11.5 Å². The predicted octanol–water partition coefficient (Wildman–Crippen LogP) is 11.7. The van der Waals surface area contributed by atoms with Crippen LogP contribution in [0.1, 0.15) is 13.8 Å². The normalized spacial score (nSPS) is 9.84. The summed E-state index contributed by atoms with van der Waals surface area (Å²) in [5.41, 5.74) is 5.62. The van der Waals surface area contributed by atoms with Gasteiger partial charge in [-0.25, -0.2) is 0 Å². The Labute approximate surface area is 281 Å². The number of halogens is 1. The molecule has 1 N–H and O–H groups in total. The molecule has 228 valence electrons.